The number of nitrogens with one attached hydrogen (secondary N) is 1. The molecule has 2 heterocycles. The zero-order chi connectivity index (χ0) is 14.3. The van der Waals surface area contributed by atoms with Crippen LogP contribution in [0.25, 0.3) is 0 Å². The number of carbonyl (C=O) groups is 2. The molecule has 1 aromatic carbocycles. The average Bonchev–Trinajstić information content (AvgIpc) is 2.82. The SMILES string of the molecule is Cc1cc(C(=O)N2CCN3C(=O)NCC3C2)ccc1F. The number of piperazine rings is 1. The van der Waals surface area contributed by atoms with Gasteiger partial charge in [-0.05, 0) is 30.7 Å². The first-order chi connectivity index (χ1) is 9.56. The Labute approximate surface area is 116 Å². The molecule has 1 atom stereocenters. The summed E-state index contributed by atoms with van der Waals surface area (Å²) >= 11 is 0. The molecule has 6 heteroatoms. The van der Waals surface area contributed by atoms with Gasteiger partial charge in [-0.1, -0.05) is 0 Å². The molecule has 1 unspecified atom stereocenters. The van der Waals surface area contributed by atoms with Crippen LogP contribution in [0.3, 0.4) is 0 Å². The average molecular weight is 277 g/mol. The third-order valence-corrected chi connectivity index (χ3v) is 3.92. The van der Waals surface area contributed by atoms with E-state index < -0.39 is 0 Å². The van der Waals surface area contributed by atoms with E-state index in [9.17, 15) is 14.0 Å². The number of carbonyl (C=O) groups excluding carboxylic acids is 2. The van der Waals surface area contributed by atoms with E-state index >= 15 is 0 Å². The Hall–Kier alpha value is -2.11. The van der Waals surface area contributed by atoms with Crippen molar-refractivity contribution in [3.8, 4) is 0 Å². The van der Waals surface area contributed by atoms with Crippen LogP contribution < -0.4 is 5.32 Å². The Morgan fingerprint density at radius 1 is 1.40 bits per heavy atom. The van der Waals surface area contributed by atoms with E-state index in [-0.39, 0.29) is 23.8 Å². The van der Waals surface area contributed by atoms with Crippen molar-refractivity contribution >= 4 is 11.9 Å². The fourth-order valence-corrected chi connectivity index (χ4v) is 2.75. The summed E-state index contributed by atoms with van der Waals surface area (Å²) in [6.07, 6.45) is 0. The van der Waals surface area contributed by atoms with Gasteiger partial charge in [0.05, 0.1) is 6.04 Å². The maximum Gasteiger partial charge on any atom is 0.317 e. The topological polar surface area (TPSA) is 52.7 Å². The predicted octanol–water partition coefficient (Wildman–Crippen LogP) is 0.984. The van der Waals surface area contributed by atoms with Crippen molar-refractivity contribution in [1.29, 1.82) is 0 Å². The van der Waals surface area contributed by atoms with E-state index in [4.69, 9.17) is 0 Å². The molecule has 0 spiro atoms. The first-order valence-electron chi connectivity index (χ1n) is 6.66. The standard InChI is InChI=1S/C14H16FN3O2/c1-9-6-10(2-3-12(9)15)13(19)17-4-5-18-11(8-17)7-16-14(18)20/h2-3,6,11H,4-5,7-8H2,1H3,(H,16,20). The molecule has 0 radical (unpaired) electrons. The van der Waals surface area contributed by atoms with Crippen LogP contribution in [0.4, 0.5) is 9.18 Å². The van der Waals surface area contributed by atoms with Gasteiger partial charge >= 0.3 is 6.03 Å². The van der Waals surface area contributed by atoms with Gasteiger partial charge in [-0.15, -0.1) is 0 Å². The summed E-state index contributed by atoms with van der Waals surface area (Å²) in [6.45, 7) is 3.80. The highest BCUT2D eigenvalue weighted by Gasteiger charge is 2.37. The second-order valence-corrected chi connectivity index (χ2v) is 5.25. The van der Waals surface area contributed by atoms with Gasteiger partial charge in [-0.3, -0.25) is 4.79 Å². The minimum Gasteiger partial charge on any atom is -0.336 e. The molecule has 1 N–H and O–H groups in total. The third kappa shape index (κ3) is 2.11. The predicted molar refractivity (Wildman–Crippen MR) is 70.9 cm³/mol. The van der Waals surface area contributed by atoms with Gasteiger partial charge in [0.15, 0.2) is 0 Å². The summed E-state index contributed by atoms with van der Waals surface area (Å²) in [5.41, 5.74) is 0.960. The lowest BCUT2D eigenvalue weighted by Gasteiger charge is -2.36. The normalized spacial score (nSPS) is 21.7. The van der Waals surface area contributed by atoms with Crippen LogP contribution in [0.2, 0.25) is 0 Å². The molecule has 2 saturated heterocycles. The molecule has 2 aliphatic rings. The number of nitrogens with zero attached hydrogens (tertiary/aromatic N) is 2. The molecular formula is C14H16FN3O2. The Morgan fingerprint density at radius 2 is 2.20 bits per heavy atom. The Balaban J connectivity index is 1.75. The largest absolute Gasteiger partial charge is 0.336 e. The number of rotatable bonds is 1. The van der Waals surface area contributed by atoms with Crippen LogP contribution in [0.1, 0.15) is 15.9 Å². The molecule has 1 aromatic rings. The number of benzene rings is 1. The highest BCUT2D eigenvalue weighted by atomic mass is 19.1. The molecule has 20 heavy (non-hydrogen) atoms. The van der Waals surface area contributed by atoms with Gasteiger partial charge in [-0.25, -0.2) is 9.18 Å². The molecule has 106 valence electrons. The molecule has 0 bridgehead atoms. The highest BCUT2D eigenvalue weighted by Crippen LogP contribution is 2.17. The summed E-state index contributed by atoms with van der Waals surface area (Å²) in [4.78, 5) is 27.4. The van der Waals surface area contributed by atoms with E-state index in [0.29, 0.717) is 37.3 Å². The lowest BCUT2D eigenvalue weighted by atomic mass is 10.1. The third-order valence-electron chi connectivity index (χ3n) is 3.92. The second-order valence-electron chi connectivity index (χ2n) is 5.25. The first-order valence-corrected chi connectivity index (χ1v) is 6.66. The summed E-state index contributed by atoms with van der Waals surface area (Å²) in [7, 11) is 0. The van der Waals surface area contributed by atoms with Gasteiger partial charge in [0.1, 0.15) is 5.82 Å². The Morgan fingerprint density at radius 3 is 2.95 bits per heavy atom. The highest BCUT2D eigenvalue weighted by molar-refractivity contribution is 5.94. The van der Waals surface area contributed by atoms with Gasteiger partial charge < -0.3 is 15.1 Å². The number of hydrogen-bond donors (Lipinski definition) is 1. The van der Waals surface area contributed by atoms with E-state index in [0.717, 1.165) is 0 Å². The smallest absolute Gasteiger partial charge is 0.317 e. The van der Waals surface area contributed by atoms with E-state index in [2.05, 4.69) is 5.32 Å². The van der Waals surface area contributed by atoms with Crippen molar-refractivity contribution in [1.82, 2.24) is 15.1 Å². The summed E-state index contributed by atoms with van der Waals surface area (Å²) in [5.74, 6) is -0.413. The minimum absolute atomic E-state index is 0.0433. The zero-order valence-corrected chi connectivity index (χ0v) is 11.2. The molecule has 2 aliphatic heterocycles. The fourth-order valence-electron chi connectivity index (χ4n) is 2.75. The van der Waals surface area contributed by atoms with Crippen molar-refractivity contribution in [2.75, 3.05) is 26.2 Å². The zero-order valence-electron chi connectivity index (χ0n) is 11.2. The Kier molecular flexibility index (Phi) is 3.08. The number of hydrogen-bond acceptors (Lipinski definition) is 2. The first kappa shape index (κ1) is 12.9. The van der Waals surface area contributed by atoms with Gasteiger partial charge in [0.25, 0.3) is 5.91 Å². The molecule has 0 saturated carbocycles. The molecule has 0 aromatic heterocycles. The van der Waals surface area contributed by atoms with Crippen LogP contribution in [0, 0.1) is 12.7 Å². The summed E-state index contributed by atoms with van der Waals surface area (Å²) in [6, 6.07) is 4.39. The molecule has 0 aliphatic carbocycles. The summed E-state index contributed by atoms with van der Waals surface area (Å²) < 4.78 is 13.2. The number of urea groups is 1. The van der Waals surface area contributed by atoms with Gasteiger partial charge in [-0.2, -0.15) is 0 Å². The lowest BCUT2D eigenvalue weighted by molar-refractivity contribution is 0.0617. The van der Waals surface area contributed by atoms with Crippen LogP contribution in [0.15, 0.2) is 18.2 Å². The number of amides is 3. The molecular weight excluding hydrogens is 261 g/mol. The van der Waals surface area contributed by atoms with Crippen LogP contribution in [-0.4, -0.2) is 54.0 Å². The summed E-state index contributed by atoms with van der Waals surface area (Å²) in [5, 5.41) is 2.78. The molecule has 3 amide bonds. The van der Waals surface area contributed by atoms with Crippen LogP contribution in [0.5, 0.6) is 0 Å². The molecule has 3 rings (SSSR count). The minimum atomic E-state index is -0.308. The monoisotopic (exact) mass is 277 g/mol. The number of fused-ring (bicyclic) bond motifs is 1. The lowest BCUT2D eigenvalue weighted by Crippen LogP contribution is -2.53. The number of halogens is 1. The van der Waals surface area contributed by atoms with E-state index in [1.807, 2.05) is 0 Å². The number of aryl methyl sites for hydroxylation is 1. The van der Waals surface area contributed by atoms with E-state index in [1.54, 1.807) is 22.8 Å². The van der Waals surface area contributed by atoms with Crippen molar-refractivity contribution in [3.63, 3.8) is 0 Å². The maximum absolute atomic E-state index is 13.2. The quantitative estimate of drug-likeness (QED) is 0.832. The van der Waals surface area contributed by atoms with E-state index in [1.165, 1.54) is 12.1 Å². The van der Waals surface area contributed by atoms with Crippen LogP contribution >= 0.6 is 0 Å². The van der Waals surface area contributed by atoms with Crippen molar-refractivity contribution in [3.05, 3.63) is 35.1 Å². The van der Waals surface area contributed by atoms with Crippen molar-refractivity contribution in [2.24, 2.45) is 0 Å². The van der Waals surface area contributed by atoms with Gasteiger partial charge in [0.2, 0.25) is 0 Å². The van der Waals surface area contributed by atoms with Crippen LogP contribution in [-0.2, 0) is 0 Å². The van der Waals surface area contributed by atoms with Crippen molar-refractivity contribution in [2.45, 2.75) is 13.0 Å². The second kappa shape index (κ2) is 4.77. The molecule has 2 fully saturated rings. The van der Waals surface area contributed by atoms with Crippen molar-refractivity contribution < 1.29 is 14.0 Å². The fraction of sp³-hybridized carbons (Fsp3) is 0.429. The van der Waals surface area contributed by atoms with Gasteiger partial charge in [0, 0.05) is 31.7 Å². The maximum atomic E-state index is 13.2. The molecule has 5 nitrogen and oxygen atoms in total. The Bertz CT molecular complexity index is 576.